The summed E-state index contributed by atoms with van der Waals surface area (Å²) in [5.41, 5.74) is 0.216. The molecule has 0 spiro atoms. The third-order valence-corrected chi connectivity index (χ3v) is 6.24. The van der Waals surface area contributed by atoms with Gasteiger partial charge in [0.15, 0.2) is 0 Å². The van der Waals surface area contributed by atoms with Crippen molar-refractivity contribution in [3.8, 4) is 0 Å². The van der Waals surface area contributed by atoms with Crippen molar-refractivity contribution in [1.82, 2.24) is 5.32 Å². The first-order valence-corrected chi connectivity index (χ1v) is 11.5. The molecule has 1 aliphatic carbocycles. The van der Waals surface area contributed by atoms with Gasteiger partial charge in [-0.2, -0.15) is 13.2 Å². The highest BCUT2D eigenvalue weighted by Gasteiger charge is 2.32. The summed E-state index contributed by atoms with van der Waals surface area (Å²) in [5, 5.41) is 2.91. The number of rotatable bonds is 7. The smallest absolute Gasteiger partial charge is 0.371 e. The highest BCUT2D eigenvalue weighted by atomic mass is 35.5. The van der Waals surface area contributed by atoms with Crippen LogP contribution in [0.3, 0.4) is 0 Å². The normalized spacial score (nSPS) is 19.1. The van der Waals surface area contributed by atoms with Gasteiger partial charge >= 0.3 is 6.18 Å². The highest BCUT2D eigenvalue weighted by Crippen LogP contribution is 2.32. The number of nitrogens with zero attached hydrogens (tertiary/aromatic N) is 1. The molecule has 1 fully saturated rings. The molecule has 7 heteroatoms. The summed E-state index contributed by atoms with van der Waals surface area (Å²) in [7, 11) is 0. The van der Waals surface area contributed by atoms with Gasteiger partial charge in [0.2, 0.25) is 0 Å². The number of hydrogen-bond donors (Lipinski definition) is 1. The molecule has 1 N–H and O–H groups in total. The first kappa shape index (κ1) is 24.4. The van der Waals surface area contributed by atoms with Crippen molar-refractivity contribution in [2.24, 2.45) is 11.8 Å². The van der Waals surface area contributed by atoms with Crippen LogP contribution in [0.25, 0.3) is 0 Å². The lowest BCUT2D eigenvalue weighted by Gasteiger charge is -2.35. The molecule has 1 amide bonds. The number of amides is 1. The number of halogens is 4. The van der Waals surface area contributed by atoms with Gasteiger partial charge < -0.3 is 10.2 Å². The molecular formula is C25H30ClF3N2O. The van der Waals surface area contributed by atoms with Crippen LogP contribution in [-0.2, 0) is 6.18 Å². The third-order valence-electron chi connectivity index (χ3n) is 5.91. The maximum absolute atomic E-state index is 13.0. The Morgan fingerprint density at radius 1 is 1.09 bits per heavy atom. The van der Waals surface area contributed by atoms with Crippen molar-refractivity contribution < 1.29 is 18.0 Å². The van der Waals surface area contributed by atoms with Crippen molar-refractivity contribution in [2.75, 3.05) is 18.0 Å². The number of alkyl halides is 3. The van der Waals surface area contributed by atoms with Crippen LogP contribution in [0, 0.1) is 11.8 Å². The first-order valence-electron chi connectivity index (χ1n) is 11.1. The molecule has 3 rings (SSSR count). The van der Waals surface area contributed by atoms with Gasteiger partial charge in [0.1, 0.15) is 0 Å². The van der Waals surface area contributed by atoms with Gasteiger partial charge in [-0.15, -0.1) is 0 Å². The van der Waals surface area contributed by atoms with Crippen LogP contribution >= 0.6 is 11.6 Å². The molecular weight excluding hydrogens is 437 g/mol. The molecule has 2 aromatic carbocycles. The molecule has 0 aromatic heterocycles. The summed E-state index contributed by atoms with van der Waals surface area (Å²) < 4.78 is 39.0. The largest absolute Gasteiger partial charge is 0.416 e. The van der Waals surface area contributed by atoms with Crippen LogP contribution in [0.1, 0.15) is 55.5 Å². The summed E-state index contributed by atoms with van der Waals surface area (Å²) in [6.07, 6.45) is -0.988. The zero-order valence-corrected chi connectivity index (χ0v) is 19.2. The van der Waals surface area contributed by atoms with Gasteiger partial charge in [0, 0.05) is 24.8 Å². The van der Waals surface area contributed by atoms with E-state index in [0.717, 1.165) is 57.0 Å². The molecule has 174 valence electrons. The van der Waals surface area contributed by atoms with E-state index >= 15 is 0 Å². The summed E-state index contributed by atoms with van der Waals surface area (Å²) in [5.74, 6) is 0.512. The van der Waals surface area contributed by atoms with Crippen LogP contribution < -0.4 is 10.2 Å². The van der Waals surface area contributed by atoms with E-state index in [1.807, 2.05) is 18.2 Å². The minimum Gasteiger partial charge on any atom is -0.371 e. The predicted molar refractivity (Wildman–Crippen MR) is 123 cm³/mol. The van der Waals surface area contributed by atoms with Crippen molar-refractivity contribution in [2.45, 2.75) is 51.7 Å². The Morgan fingerprint density at radius 3 is 2.34 bits per heavy atom. The lowest BCUT2D eigenvalue weighted by molar-refractivity contribution is -0.137. The van der Waals surface area contributed by atoms with E-state index in [-0.39, 0.29) is 16.6 Å². The molecule has 0 radical (unpaired) electrons. The van der Waals surface area contributed by atoms with E-state index in [1.165, 1.54) is 5.69 Å². The molecule has 0 bridgehead atoms. The second-order valence-corrected chi connectivity index (χ2v) is 9.43. The Labute approximate surface area is 192 Å². The van der Waals surface area contributed by atoms with Crippen LogP contribution in [0.15, 0.2) is 48.5 Å². The Morgan fingerprint density at radius 2 is 1.75 bits per heavy atom. The number of carbonyl (C=O) groups is 1. The summed E-state index contributed by atoms with van der Waals surface area (Å²) in [6.45, 7) is 6.36. The minimum absolute atomic E-state index is 0.0244. The summed E-state index contributed by atoms with van der Waals surface area (Å²) >= 11 is 6.01. The Kier molecular flexibility index (Phi) is 8.10. The quantitative estimate of drug-likeness (QED) is 0.486. The first-order chi connectivity index (χ1) is 15.1. The fourth-order valence-electron chi connectivity index (χ4n) is 4.30. The summed E-state index contributed by atoms with van der Waals surface area (Å²) in [4.78, 5) is 15.0. The second kappa shape index (κ2) is 10.6. The Bertz CT molecular complexity index is 894. The molecule has 0 aliphatic heterocycles. The van der Waals surface area contributed by atoms with Gasteiger partial charge in [-0.1, -0.05) is 43.6 Å². The number of benzene rings is 2. The topological polar surface area (TPSA) is 32.3 Å². The number of nitrogens with one attached hydrogen (secondary N) is 1. The number of anilines is 1. The van der Waals surface area contributed by atoms with Gasteiger partial charge in [-0.3, -0.25) is 4.79 Å². The van der Waals surface area contributed by atoms with E-state index in [4.69, 9.17) is 11.6 Å². The van der Waals surface area contributed by atoms with Crippen LogP contribution in [0.2, 0.25) is 5.02 Å². The predicted octanol–water partition coefficient (Wildman–Crippen LogP) is 6.81. The van der Waals surface area contributed by atoms with Crippen LogP contribution in [0.5, 0.6) is 0 Å². The molecule has 0 saturated heterocycles. The minimum atomic E-state index is -4.52. The van der Waals surface area contributed by atoms with Crippen LogP contribution in [0.4, 0.5) is 18.9 Å². The lowest BCUT2D eigenvalue weighted by Crippen LogP contribution is -2.40. The molecule has 32 heavy (non-hydrogen) atoms. The fraction of sp³-hybridized carbons (Fsp3) is 0.480. The van der Waals surface area contributed by atoms with E-state index < -0.39 is 17.6 Å². The maximum atomic E-state index is 13.0. The summed E-state index contributed by atoms with van der Waals surface area (Å²) in [6, 6.07) is 13.2. The van der Waals surface area contributed by atoms with Gasteiger partial charge in [-0.25, -0.2) is 0 Å². The van der Waals surface area contributed by atoms with Gasteiger partial charge in [-0.05, 0) is 67.9 Å². The molecule has 3 nitrogen and oxygen atoms in total. The van der Waals surface area contributed by atoms with Crippen molar-refractivity contribution in [1.29, 1.82) is 0 Å². The SMILES string of the molecule is CC(C)CN(CC1CCC(NC(=O)c2cc(C(F)(F)F)ccc2Cl)CC1)c1ccccc1. The van der Waals surface area contributed by atoms with Gasteiger partial charge in [0.25, 0.3) is 5.91 Å². The zero-order valence-electron chi connectivity index (χ0n) is 18.5. The van der Waals surface area contributed by atoms with Crippen LogP contribution in [-0.4, -0.2) is 25.0 Å². The number of carbonyl (C=O) groups excluding carboxylic acids is 1. The maximum Gasteiger partial charge on any atom is 0.416 e. The van der Waals surface area contributed by atoms with E-state index in [2.05, 4.69) is 36.2 Å². The molecule has 2 aromatic rings. The molecule has 1 aliphatic rings. The van der Waals surface area contributed by atoms with Crippen molar-refractivity contribution >= 4 is 23.2 Å². The zero-order chi connectivity index (χ0) is 23.3. The Balaban J connectivity index is 1.57. The van der Waals surface area contributed by atoms with Gasteiger partial charge in [0.05, 0.1) is 16.1 Å². The number of para-hydroxylation sites is 1. The standard InChI is InChI=1S/C25H30ClF3N2O/c1-17(2)15-31(21-6-4-3-5-7-21)16-18-8-11-20(12-9-18)30-24(32)22-14-19(25(27,28)29)10-13-23(22)26/h3-7,10,13-14,17-18,20H,8-9,11-12,15-16H2,1-2H3,(H,30,32). The van der Waals surface area contributed by atoms with E-state index in [9.17, 15) is 18.0 Å². The average molecular weight is 467 g/mol. The molecule has 0 atom stereocenters. The fourth-order valence-corrected chi connectivity index (χ4v) is 4.51. The molecule has 0 unspecified atom stereocenters. The van der Waals surface area contributed by atoms with E-state index in [1.54, 1.807) is 0 Å². The van der Waals surface area contributed by atoms with Crippen molar-refractivity contribution in [3.05, 3.63) is 64.7 Å². The highest BCUT2D eigenvalue weighted by molar-refractivity contribution is 6.33. The van der Waals surface area contributed by atoms with Crippen molar-refractivity contribution in [3.63, 3.8) is 0 Å². The van der Waals surface area contributed by atoms with E-state index in [0.29, 0.717) is 11.8 Å². The second-order valence-electron chi connectivity index (χ2n) is 9.02. The third kappa shape index (κ3) is 6.64. The Hall–Kier alpha value is -2.21. The molecule has 1 saturated carbocycles. The average Bonchev–Trinajstić information content (AvgIpc) is 2.74. The lowest BCUT2D eigenvalue weighted by atomic mass is 9.85. The molecule has 0 heterocycles. The number of hydrogen-bond acceptors (Lipinski definition) is 2. The monoisotopic (exact) mass is 466 g/mol.